The lowest BCUT2D eigenvalue weighted by molar-refractivity contribution is 0.595. The van der Waals surface area contributed by atoms with Crippen molar-refractivity contribution in [1.82, 2.24) is 9.97 Å². The van der Waals surface area contributed by atoms with Crippen LogP contribution in [0.25, 0.3) is 0 Å². The number of anilines is 2. The van der Waals surface area contributed by atoms with Crippen molar-refractivity contribution in [2.24, 2.45) is 5.92 Å². The van der Waals surface area contributed by atoms with Crippen molar-refractivity contribution < 1.29 is 8.42 Å². The van der Waals surface area contributed by atoms with Crippen LogP contribution in [-0.4, -0.2) is 43.0 Å². The molecule has 0 aromatic carbocycles. The van der Waals surface area contributed by atoms with Crippen molar-refractivity contribution in [1.29, 1.82) is 0 Å². The highest BCUT2D eigenvalue weighted by Gasteiger charge is 2.27. The number of sulfone groups is 1. The second-order valence-electron chi connectivity index (χ2n) is 4.57. The van der Waals surface area contributed by atoms with Crippen LogP contribution in [0.3, 0.4) is 0 Å². The molecular weight excluding hydrogens is 332 g/mol. The Kier molecular flexibility index (Phi) is 4.62. The topological polar surface area (TPSA) is 84.0 Å². The molecule has 0 bridgehead atoms. The summed E-state index contributed by atoms with van der Waals surface area (Å²) in [5.74, 6) is 1.98. The molecule has 19 heavy (non-hydrogen) atoms. The van der Waals surface area contributed by atoms with Crippen molar-refractivity contribution in [3.8, 4) is 0 Å². The summed E-state index contributed by atoms with van der Waals surface area (Å²) in [7, 11) is -2.82. The maximum Gasteiger partial charge on any atom is 0.224 e. The van der Waals surface area contributed by atoms with Gasteiger partial charge in [0.05, 0.1) is 16.0 Å². The molecule has 1 atom stereocenters. The van der Waals surface area contributed by atoms with Gasteiger partial charge in [0.2, 0.25) is 5.95 Å². The molecular formula is C11H17BrN4O2S. The minimum atomic E-state index is -2.82. The van der Waals surface area contributed by atoms with E-state index in [0.29, 0.717) is 24.1 Å². The molecule has 1 aliphatic heterocycles. The molecule has 1 aromatic heterocycles. The number of halogens is 1. The van der Waals surface area contributed by atoms with E-state index >= 15 is 0 Å². The van der Waals surface area contributed by atoms with Crippen LogP contribution >= 0.6 is 15.9 Å². The maximum absolute atomic E-state index is 11.4. The molecule has 1 saturated heterocycles. The fourth-order valence-electron chi connectivity index (χ4n) is 2.01. The molecule has 0 radical (unpaired) electrons. The monoisotopic (exact) mass is 348 g/mol. The van der Waals surface area contributed by atoms with Gasteiger partial charge in [-0.1, -0.05) is 0 Å². The van der Waals surface area contributed by atoms with E-state index in [2.05, 4.69) is 36.5 Å². The van der Waals surface area contributed by atoms with Gasteiger partial charge in [-0.15, -0.1) is 0 Å². The van der Waals surface area contributed by atoms with Gasteiger partial charge < -0.3 is 10.6 Å². The highest BCUT2D eigenvalue weighted by Crippen LogP contribution is 2.23. The fourth-order valence-corrected chi connectivity index (χ4v) is 4.20. The van der Waals surface area contributed by atoms with Gasteiger partial charge in [-0.25, -0.2) is 13.4 Å². The first-order valence-corrected chi connectivity index (χ1v) is 8.82. The predicted molar refractivity (Wildman–Crippen MR) is 79.1 cm³/mol. The van der Waals surface area contributed by atoms with E-state index in [1.54, 1.807) is 6.20 Å². The molecule has 8 heteroatoms. The largest absolute Gasteiger partial charge is 0.369 e. The van der Waals surface area contributed by atoms with Crippen LogP contribution in [-0.2, 0) is 9.84 Å². The summed E-state index contributed by atoms with van der Waals surface area (Å²) >= 11 is 3.38. The molecule has 1 fully saturated rings. The minimum absolute atomic E-state index is 0.162. The Morgan fingerprint density at radius 2 is 2.26 bits per heavy atom. The first kappa shape index (κ1) is 14.5. The van der Waals surface area contributed by atoms with Gasteiger partial charge in [0.1, 0.15) is 5.82 Å². The number of hydrogen-bond donors (Lipinski definition) is 2. The molecule has 0 saturated carbocycles. The predicted octanol–water partition coefficient (Wildman–Crippen LogP) is 1.52. The average Bonchev–Trinajstić information content (AvgIpc) is 2.70. The summed E-state index contributed by atoms with van der Waals surface area (Å²) in [6.45, 7) is 3.34. The first-order valence-electron chi connectivity index (χ1n) is 6.21. The number of nitrogens with zero attached hydrogens (tertiary/aromatic N) is 2. The average molecular weight is 349 g/mol. The molecule has 6 nitrogen and oxygen atoms in total. The summed E-state index contributed by atoms with van der Waals surface area (Å²) in [6, 6.07) is 0. The summed E-state index contributed by atoms with van der Waals surface area (Å²) < 4.78 is 23.5. The SMILES string of the molecule is CCNc1ncc(Br)c(NCC2CCS(=O)(=O)C2)n1. The third-order valence-corrected chi connectivity index (χ3v) is 5.38. The Hall–Kier alpha value is -0.890. The summed E-state index contributed by atoms with van der Waals surface area (Å²) in [5, 5.41) is 6.23. The van der Waals surface area contributed by atoms with Crippen LogP contribution in [0.1, 0.15) is 13.3 Å². The van der Waals surface area contributed by atoms with Crippen molar-refractivity contribution in [2.45, 2.75) is 13.3 Å². The maximum atomic E-state index is 11.4. The summed E-state index contributed by atoms with van der Waals surface area (Å²) in [4.78, 5) is 8.46. The van der Waals surface area contributed by atoms with Crippen molar-refractivity contribution in [2.75, 3.05) is 35.2 Å². The lowest BCUT2D eigenvalue weighted by Crippen LogP contribution is -2.17. The van der Waals surface area contributed by atoms with E-state index in [4.69, 9.17) is 0 Å². The van der Waals surface area contributed by atoms with Gasteiger partial charge >= 0.3 is 0 Å². The molecule has 0 spiro atoms. The molecule has 0 aliphatic carbocycles. The van der Waals surface area contributed by atoms with E-state index in [1.807, 2.05) is 6.92 Å². The Bertz CT molecular complexity index is 550. The first-order chi connectivity index (χ1) is 9.00. The Balaban J connectivity index is 1.97. The van der Waals surface area contributed by atoms with E-state index in [1.165, 1.54) is 0 Å². The van der Waals surface area contributed by atoms with E-state index < -0.39 is 9.84 Å². The van der Waals surface area contributed by atoms with E-state index in [0.717, 1.165) is 17.4 Å². The third-order valence-electron chi connectivity index (χ3n) is 2.96. The Morgan fingerprint density at radius 1 is 1.47 bits per heavy atom. The van der Waals surface area contributed by atoms with Crippen LogP contribution < -0.4 is 10.6 Å². The van der Waals surface area contributed by atoms with E-state index in [-0.39, 0.29) is 11.7 Å². The zero-order valence-corrected chi connectivity index (χ0v) is 13.1. The zero-order chi connectivity index (χ0) is 13.9. The number of aromatic nitrogens is 2. The van der Waals surface area contributed by atoms with Crippen molar-refractivity contribution in [3.63, 3.8) is 0 Å². The molecule has 2 N–H and O–H groups in total. The molecule has 0 amide bonds. The molecule has 1 unspecified atom stereocenters. The normalized spacial score (nSPS) is 21.3. The smallest absolute Gasteiger partial charge is 0.224 e. The minimum Gasteiger partial charge on any atom is -0.369 e. The van der Waals surface area contributed by atoms with E-state index in [9.17, 15) is 8.42 Å². The van der Waals surface area contributed by atoms with Crippen LogP contribution in [0.15, 0.2) is 10.7 Å². The highest BCUT2D eigenvalue weighted by molar-refractivity contribution is 9.10. The number of rotatable bonds is 5. The number of nitrogens with one attached hydrogen (secondary N) is 2. The molecule has 1 aromatic rings. The van der Waals surface area contributed by atoms with Crippen molar-refractivity contribution >= 4 is 37.5 Å². The second kappa shape index (κ2) is 6.04. The van der Waals surface area contributed by atoms with Gasteiger partial charge in [-0.3, -0.25) is 0 Å². The molecule has 2 heterocycles. The van der Waals surface area contributed by atoms with Crippen LogP contribution in [0, 0.1) is 5.92 Å². The van der Waals surface area contributed by atoms with Crippen LogP contribution in [0.5, 0.6) is 0 Å². The number of hydrogen-bond acceptors (Lipinski definition) is 6. The molecule has 2 rings (SSSR count). The standard InChI is InChI=1S/C11H17BrN4O2S/c1-2-13-11-15-6-9(12)10(16-11)14-5-8-3-4-19(17,18)7-8/h6,8H,2-5,7H2,1H3,(H2,13,14,15,16). The van der Waals surface area contributed by atoms with Gasteiger partial charge in [0.15, 0.2) is 9.84 Å². The lowest BCUT2D eigenvalue weighted by Gasteiger charge is -2.12. The van der Waals surface area contributed by atoms with Crippen molar-refractivity contribution in [3.05, 3.63) is 10.7 Å². The van der Waals surface area contributed by atoms with Crippen LogP contribution in [0.2, 0.25) is 0 Å². The molecule has 1 aliphatic rings. The van der Waals surface area contributed by atoms with Gasteiger partial charge in [-0.2, -0.15) is 4.98 Å². The third kappa shape index (κ3) is 4.04. The molecule has 106 valence electrons. The quantitative estimate of drug-likeness (QED) is 0.839. The fraction of sp³-hybridized carbons (Fsp3) is 0.636. The second-order valence-corrected chi connectivity index (χ2v) is 7.65. The van der Waals surface area contributed by atoms with Crippen LogP contribution in [0.4, 0.5) is 11.8 Å². The van der Waals surface area contributed by atoms with Gasteiger partial charge in [0.25, 0.3) is 0 Å². The van der Waals surface area contributed by atoms with Gasteiger partial charge in [-0.05, 0) is 35.2 Å². The Labute approximate surface area is 121 Å². The summed E-state index contributed by atoms with van der Waals surface area (Å²) in [6.07, 6.45) is 2.40. The van der Waals surface area contributed by atoms with Gasteiger partial charge in [0, 0.05) is 19.3 Å². The Morgan fingerprint density at radius 3 is 2.89 bits per heavy atom. The zero-order valence-electron chi connectivity index (χ0n) is 10.7. The summed E-state index contributed by atoms with van der Waals surface area (Å²) in [5.41, 5.74) is 0. The highest BCUT2D eigenvalue weighted by atomic mass is 79.9. The lowest BCUT2D eigenvalue weighted by atomic mass is 10.1.